The van der Waals surface area contributed by atoms with E-state index in [1.807, 2.05) is 0 Å². The van der Waals surface area contributed by atoms with Gasteiger partial charge in [0.1, 0.15) is 0 Å². The van der Waals surface area contributed by atoms with Crippen molar-refractivity contribution in [3.05, 3.63) is 35.4 Å². The quantitative estimate of drug-likeness (QED) is 0.782. The molecule has 152 valence electrons. The molecule has 2 amide bonds. The van der Waals surface area contributed by atoms with Gasteiger partial charge in [0.2, 0.25) is 0 Å². The van der Waals surface area contributed by atoms with Crippen LogP contribution in [0.25, 0.3) is 0 Å². The van der Waals surface area contributed by atoms with Crippen LogP contribution in [0.15, 0.2) is 24.3 Å². The second-order valence-electron chi connectivity index (χ2n) is 8.45. The molecule has 0 radical (unpaired) electrons. The van der Waals surface area contributed by atoms with Crippen LogP contribution in [-0.2, 0) is 0 Å². The molecule has 3 aliphatic rings. The number of fused-ring (bicyclic) bond motifs is 1. The predicted molar refractivity (Wildman–Crippen MR) is 105 cm³/mol. The molecule has 2 aliphatic heterocycles. The molecular formula is C22H30N2O4. The van der Waals surface area contributed by atoms with E-state index in [4.69, 9.17) is 0 Å². The van der Waals surface area contributed by atoms with Crippen LogP contribution in [0.4, 0.5) is 0 Å². The Kier molecular flexibility index (Phi) is 5.69. The third kappa shape index (κ3) is 3.67. The first-order valence-electron chi connectivity index (χ1n) is 10.6. The molecule has 6 heteroatoms. The number of likely N-dealkylation sites (tertiary alicyclic amines) is 2. The van der Waals surface area contributed by atoms with Crippen LogP contribution >= 0.6 is 0 Å². The van der Waals surface area contributed by atoms with Gasteiger partial charge in [-0.1, -0.05) is 12.8 Å². The molecule has 0 spiro atoms. The summed E-state index contributed by atoms with van der Waals surface area (Å²) in [5, 5.41) is 19.0. The largest absolute Gasteiger partial charge is 0.366 e. The van der Waals surface area contributed by atoms with Gasteiger partial charge in [-0.3, -0.25) is 9.59 Å². The summed E-state index contributed by atoms with van der Waals surface area (Å²) in [5.74, 6) is 0.504. The van der Waals surface area contributed by atoms with Crippen molar-refractivity contribution in [1.29, 1.82) is 0 Å². The van der Waals surface area contributed by atoms with E-state index in [9.17, 15) is 19.8 Å². The predicted octanol–water partition coefficient (Wildman–Crippen LogP) is 2.40. The number of hydrogen-bond donors (Lipinski definition) is 2. The number of rotatable bonds is 3. The third-order valence-electron chi connectivity index (χ3n) is 6.79. The first-order chi connectivity index (χ1) is 13.6. The summed E-state index contributed by atoms with van der Waals surface area (Å²) in [6, 6.07) is 6.68. The summed E-state index contributed by atoms with van der Waals surface area (Å²) in [5.41, 5.74) is 1.11. The molecule has 2 N–H and O–H groups in total. The molecule has 1 aliphatic carbocycles. The summed E-state index contributed by atoms with van der Waals surface area (Å²) < 4.78 is 0. The molecular weight excluding hydrogens is 356 g/mol. The van der Waals surface area contributed by atoms with Crippen LogP contribution in [0.1, 0.15) is 72.1 Å². The van der Waals surface area contributed by atoms with E-state index in [1.54, 1.807) is 24.3 Å². The molecule has 1 saturated carbocycles. The maximum Gasteiger partial charge on any atom is 0.254 e. The lowest BCUT2D eigenvalue weighted by Gasteiger charge is -2.44. The fourth-order valence-corrected chi connectivity index (χ4v) is 5.32. The molecule has 3 fully saturated rings. The Morgan fingerprint density at radius 2 is 1.32 bits per heavy atom. The summed E-state index contributed by atoms with van der Waals surface area (Å²) in [6.45, 7) is 1.35. The number of carbonyl (C=O) groups is 2. The Morgan fingerprint density at radius 3 is 2.00 bits per heavy atom. The van der Waals surface area contributed by atoms with Gasteiger partial charge in [0.15, 0.2) is 6.29 Å². The molecule has 2 saturated heterocycles. The molecule has 1 aromatic carbocycles. The highest BCUT2D eigenvalue weighted by Crippen LogP contribution is 2.36. The van der Waals surface area contributed by atoms with Gasteiger partial charge in [0, 0.05) is 30.3 Å². The van der Waals surface area contributed by atoms with Gasteiger partial charge >= 0.3 is 0 Å². The SMILES string of the molecule is O=C(c1ccc(C(=O)N2CCC[C@H]3CCCC[C@@H]32)cc1)N1CCCC1C(O)O. The number of aliphatic hydroxyl groups is 2. The first kappa shape index (κ1) is 19.4. The number of amides is 2. The van der Waals surface area contributed by atoms with Crippen molar-refractivity contribution in [1.82, 2.24) is 9.80 Å². The van der Waals surface area contributed by atoms with Crippen molar-refractivity contribution in [2.24, 2.45) is 5.92 Å². The van der Waals surface area contributed by atoms with Crippen LogP contribution in [0.3, 0.4) is 0 Å². The molecule has 2 heterocycles. The van der Waals surface area contributed by atoms with E-state index in [1.165, 1.54) is 30.6 Å². The normalized spacial score (nSPS) is 27.8. The Hall–Kier alpha value is -1.92. The average molecular weight is 386 g/mol. The van der Waals surface area contributed by atoms with Crippen LogP contribution in [0, 0.1) is 5.92 Å². The molecule has 28 heavy (non-hydrogen) atoms. The first-order valence-corrected chi connectivity index (χ1v) is 10.6. The number of carbonyl (C=O) groups excluding carboxylic acids is 2. The van der Waals surface area contributed by atoms with Gasteiger partial charge in [0.05, 0.1) is 6.04 Å². The molecule has 0 bridgehead atoms. The van der Waals surface area contributed by atoms with Crippen molar-refractivity contribution >= 4 is 11.8 Å². The lowest BCUT2D eigenvalue weighted by molar-refractivity contribution is -0.0841. The average Bonchev–Trinajstić information content (AvgIpc) is 3.23. The summed E-state index contributed by atoms with van der Waals surface area (Å²) in [6.07, 6.45) is 6.96. The Bertz CT molecular complexity index is 716. The van der Waals surface area contributed by atoms with Gasteiger partial charge in [-0.2, -0.15) is 0 Å². The highest BCUT2D eigenvalue weighted by Gasteiger charge is 2.36. The van der Waals surface area contributed by atoms with Crippen molar-refractivity contribution in [3.63, 3.8) is 0 Å². The zero-order valence-electron chi connectivity index (χ0n) is 16.3. The third-order valence-corrected chi connectivity index (χ3v) is 6.79. The second-order valence-corrected chi connectivity index (χ2v) is 8.45. The number of piperidine rings is 1. The maximum atomic E-state index is 13.1. The smallest absolute Gasteiger partial charge is 0.254 e. The monoisotopic (exact) mass is 386 g/mol. The molecule has 1 aromatic rings. The van der Waals surface area contributed by atoms with Gasteiger partial charge in [0.25, 0.3) is 11.8 Å². The maximum absolute atomic E-state index is 13.1. The van der Waals surface area contributed by atoms with E-state index in [0.29, 0.717) is 36.1 Å². The summed E-state index contributed by atoms with van der Waals surface area (Å²) in [7, 11) is 0. The van der Waals surface area contributed by atoms with Crippen LogP contribution < -0.4 is 0 Å². The standard InChI is InChI=1S/C22H30N2O4/c25-20(23-13-3-6-15-5-1-2-7-18(15)23)16-9-11-17(12-10-16)21(26)24-14-4-8-19(24)22(27)28/h9-12,15,18-19,22,27-28H,1-8,13-14H2/t15-,18+,19?/m1/s1. The highest BCUT2D eigenvalue weighted by atomic mass is 16.5. The Labute approximate surface area is 166 Å². The molecule has 0 aromatic heterocycles. The zero-order chi connectivity index (χ0) is 19.7. The zero-order valence-corrected chi connectivity index (χ0v) is 16.3. The lowest BCUT2D eigenvalue weighted by Crippen LogP contribution is -2.49. The van der Waals surface area contributed by atoms with E-state index in [-0.39, 0.29) is 11.8 Å². The summed E-state index contributed by atoms with van der Waals surface area (Å²) in [4.78, 5) is 29.4. The second kappa shape index (κ2) is 8.21. The minimum Gasteiger partial charge on any atom is -0.366 e. The van der Waals surface area contributed by atoms with Crippen molar-refractivity contribution < 1.29 is 19.8 Å². The van der Waals surface area contributed by atoms with Crippen molar-refractivity contribution in [2.75, 3.05) is 13.1 Å². The van der Waals surface area contributed by atoms with Gasteiger partial charge in [-0.25, -0.2) is 0 Å². The number of nitrogens with zero attached hydrogens (tertiary/aromatic N) is 2. The molecule has 6 nitrogen and oxygen atoms in total. The highest BCUT2D eigenvalue weighted by molar-refractivity contribution is 5.98. The summed E-state index contributed by atoms with van der Waals surface area (Å²) >= 11 is 0. The van der Waals surface area contributed by atoms with E-state index in [0.717, 1.165) is 25.8 Å². The Balaban J connectivity index is 1.47. The molecule has 3 atom stereocenters. The number of hydrogen-bond acceptors (Lipinski definition) is 4. The van der Waals surface area contributed by atoms with Gasteiger partial charge in [-0.05, 0) is 68.7 Å². The van der Waals surface area contributed by atoms with Crippen LogP contribution in [0.5, 0.6) is 0 Å². The minimum atomic E-state index is -1.52. The lowest BCUT2D eigenvalue weighted by atomic mass is 9.78. The van der Waals surface area contributed by atoms with E-state index in [2.05, 4.69) is 4.90 Å². The number of benzene rings is 1. The number of aliphatic hydroxyl groups excluding tert-OH is 1. The fraction of sp³-hybridized carbons (Fsp3) is 0.636. The topological polar surface area (TPSA) is 81.1 Å². The van der Waals surface area contributed by atoms with Gasteiger partial charge in [-0.15, -0.1) is 0 Å². The molecule has 1 unspecified atom stereocenters. The van der Waals surface area contributed by atoms with Gasteiger partial charge < -0.3 is 20.0 Å². The van der Waals surface area contributed by atoms with Crippen LogP contribution in [0.2, 0.25) is 0 Å². The van der Waals surface area contributed by atoms with E-state index >= 15 is 0 Å². The van der Waals surface area contributed by atoms with Crippen LogP contribution in [-0.4, -0.2) is 63.3 Å². The Morgan fingerprint density at radius 1 is 0.786 bits per heavy atom. The molecule has 4 rings (SSSR count). The van der Waals surface area contributed by atoms with E-state index < -0.39 is 12.3 Å². The van der Waals surface area contributed by atoms with Crippen molar-refractivity contribution in [2.45, 2.75) is 69.7 Å². The van der Waals surface area contributed by atoms with Crippen molar-refractivity contribution in [3.8, 4) is 0 Å². The minimum absolute atomic E-state index is 0.0698. The fourth-order valence-electron chi connectivity index (χ4n) is 5.32.